The van der Waals surface area contributed by atoms with Crippen molar-refractivity contribution >= 4 is 21.8 Å². The van der Waals surface area contributed by atoms with Crippen molar-refractivity contribution < 1.29 is 13.5 Å². The Balaban J connectivity index is 1.59. The number of aryl methyl sites for hydroxylation is 1. The van der Waals surface area contributed by atoms with Crippen molar-refractivity contribution in [2.75, 3.05) is 49.7 Å². The number of hydrogen-bond acceptors (Lipinski definition) is 7. The van der Waals surface area contributed by atoms with Gasteiger partial charge >= 0.3 is 0 Å². The molecule has 8 nitrogen and oxygen atoms in total. The lowest BCUT2D eigenvalue weighted by Gasteiger charge is -2.49. The molecular formula is C17H27N5O3S. The minimum absolute atomic E-state index is 0.130. The Kier molecular flexibility index (Phi) is 4.36. The molecule has 3 aliphatic rings. The molecule has 2 fully saturated rings. The van der Waals surface area contributed by atoms with E-state index in [2.05, 4.69) is 10.2 Å². The molecule has 1 aliphatic carbocycles. The standard InChI is InChI=1S/C17H27N5O3S/c1-18-15-13-4-3-5-14(13)19-16(20-15)21-8-6-17(23)7-9-22(26(2,24)25)11-12(17)10-21/h12,23H,3-11H2,1-2H3,(H,18,19,20)/t12-,17-/m1/s1. The number of anilines is 2. The van der Waals surface area contributed by atoms with E-state index >= 15 is 0 Å². The average molecular weight is 382 g/mol. The van der Waals surface area contributed by atoms with Gasteiger partial charge in [-0.2, -0.15) is 4.98 Å². The Bertz CT molecular complexity index is 815. The predicted molar refractivity (Wildman–Crippen MR) is 99.9 cm³/mol. The summed E-state index contributed by atoms with van der Waals surface area (Å²) in [6.45, 7) is 2.01. The zero-order valence-corrected chi connectivity index (χ0v) is 16.2. The molecule has 3 heterocycles. The number of fused-ring (bicyclic) bond motifs is 2. The largest absolute Gasteiger partial charge is 0.389 e. The van der Waals surface area contributed by atoms with E-state index in [4.69, 9.17) is 9.97 Å². The maximum absolute atomic E-state index is 11.9. The van der Waals surface area contributed by atoms with Gasteiger partial charge in [0, 0.05) is 44.7 Å². The molecule has 0 bridgehead atoms. The van der Waals surface area contributed by atoms with Crippen LogP contribution in [0.2, 0.25) is 0 Å². The molecule has 2 aliphatic heterocycles. The van der Waals surface area contributed by atoms with Crippen molar-refractivity contribution in [3.8, 4) is 0 Å². The number of aromatic nitrogens is 2. The Morgan fingerprint density at radius 3 is 2.69 bits per heavy atom. The van der Waals surface area contributed by atoms with Crippen molar-refractivity contribution in [1.29, 1.82) is 0 Å². The minimum Gasteiger partial charge on any atom is -0.389 e. The lowest BCUT2D eigenvalue weighted by atomic mass is 9.76. The lowest BCUT2D eigenvalue weighted by Crippen LogP contribution is -2.60. The number of nitrogens with zero attached hydrogens (tertiary/aromatic N) is 4. The highest BCUT2D eigenvalue weighted by atomic mass is 32.2. The molecule has 26 heavy (non-hydrogen) atoms. The number of piperidine rings is 2. The Labute approximate surface area is 154 Å². The number of nitrogens with one attached hydrogen (secondary N) is 1. The second-order valence-corrected chi connectivity index (χ2v) is 9.75. The molecule has 0 amide bonds. The van der Waals surface area contributed by atoms with Crippen LogP contribution in [-0.4, -0.2) is 72.9 Å². The number of hydrogen-bond donors (Lipinski definition) is 2. The fourth-order valence-corrected chi connectivity index (χ4v) is 5.40. The first-order chi connectivity index (χ1) is 12.3. The van der Waals surface area contributed by atoms with E-state index < -0.39 is 15.6 Å². The van der Waals surface area contributed by atoms with Crippen molar-refractivity contribution in [1.82, 2.24) is 14.3 Å². The van der Waals surface area contributed by atoms with Gasteiger partial charge < -0.3 is 15.3 Å². The van der Waals surface area contributed by atoms with Crippen LogP contribution >= 0.6 is 0 Å². The van der Waals surface area contributed by atoms with Gasteiger partial charge in [0.2, 0.25) is 16.0 Å². The van der Waals surface area contributed by atoms with Crippen LogP contribution < -0.4 is 10.2 Å². The van der Waals surface area contributed by atoms with Gasteiger partial charge in [-0.15, -0.1) is 0 Å². The topological polar surface area (TPSA) is 98.7 Å². The van der Waals surface area contributed by atoms with Crippen molar-refractivity contribution in [3.63, 3.8) is 0 Å². The van der Waals surface area contributed by atoms with Crippen LogP contribution in [-0.2, 0) is 22.9 Å². The van der Waals surface area contributed by atoms with Crippen LogP contribution in [0.1, 0.15) is 30.5 Å². The molecule has 1 aromatic rings. The van der Waals surface area contributed by atoms with E-state index in [0.29, 0.717) is 45.0 Å². The Morgan fingerprint density at radius 1 is 1.19 bits per heavy atom. The number of rotatable bonds is 3. The summed E-state index contributed by atoms with van der Waals surface area (Å²) < 4.78 is 25.3. The van der Waals surface area contributed by atoms with Crippen molar-refractivity contribution in [2.45, 2.75) is 37.7 Å². The molecule has 0 radical (unpaired) electrons. The summed E-state index contributed by atoms with van der Waals surface area (Å²) in [5.41, 5.74) is 1.53. The molecule has 9 heteroatoms. The molecule has 0 aromatic carbocycles. The SMILES string of the molecule is CNc1nc(N2CC[C@@]3(O)CCN(S(C)(=O)=O)C[C@H]3C2)nc2c1CCC2. The summed E-state index contributed by atoms with van der Waals surface area (Å²) in [6, 6.07) is 0. The minimum atomic E-state index is -3.24. The van der Waals surface area contributed by atoms with E-state index in [-0.39, 0.29) is 5.92 Å². The molecule has 2 N–H and O–H groups in total. The zero-order valence-electron chi connectivity index (χ0n) is 15.4. The van der Waals surface area contributed by atoms with Crippen LogP contribution in [0.25, 0.3) is 0 Å². The summed E-state index contributed by atoms with van der Waals surface area (Å²) in [5.74, 6) is 1.45. The third-order valence-electron chi connectivity index (χ3n) is 6.14. The fraction of sp³-hybridized carbons (Fsp3) is 0.765. The van der Waals surface area contributed by atoms with Gasteiger partial charge in [0.25, 0.3) is 0 Å². The van der Waals surface area contributed by atoms with Crippen LogP contribution in [0, 0.1) is 5.92 Å². The first-order valence-electron chi connectivity index (χ1n) is 9.30. The molecule has 2 atom stereocenters. The average Bonchev–Trinajstić information content (AvgIpc) is 3.07. The molecule has 4 rings (SSSR count). The summed E-state index contributed by atoms with van der Waals surface area (Å²) in [7, 11) is -1.36. The summed E-state index contributed by atoms with van der Waals surface area (Å²) in [6.07, 6.45) is 5.44. The van der Waals surface area contributed by atoms with Crippen LogP contribution in [0.15, 0.2) is 0 Å². The second-order valence-electron chi connectivity index (χ2n) is 7.77. The second kappa shape index (κ2) is 6.31. The molecule has 144 valence electrons. The Hall–Kier alpha value is -1.45. The van der Waals surface area contributed by atoms with Crippen molar-refractivity contribution in [2.24, 2.45) is 5.92 Å². The van der Waals surface area contributed by atoms with Gasteiger partial charge in [-0.3, -0.25) is 0 Å². The maximum Gasteiger partial charge on any atom is 0.227 e. The zero-order chi connectivity index (χ0) is 18.5. The summed E-state index contributed by atoms with van der Waals surface area (Å²) in [5, 5.41) is 14.2. The van der Waals surface area contributed by atoms with Gasteiger partial charge in [-0.1, -0.05) is 0 Å². The molecule has 0 spiro atoms. The van der Waals surface area contributed by atoms with E-state index in [0.717, 1.165) is 30.8 Å². The molecule has 1 aromatic heterocycles. The third kappa shape index (κ3) is 3.05. The van der Waals surface area contributed by atoms with Crippen LogP contribution in [0.4, 0.5) is 11.8 Å². The van der Waals surface area contributed by atoms with E-state index in [1.807, 2.05) is 7.05 Å². The van der Waals surface area contributed by atoms with Gasteiger partial charge in [0.1, 0.15) is 5.82 Å². The molecule has 0 saturated carbocycles. The monoisotopic (exact) mass is 381 g/mol. The van der Waals surface area contributed by atoms with Gasteiger partial charge in [-0.25, -0.2) is 17.7 Å². The lowest BCUT2D eigenvalue weighted by molar-refractivity contribution is -0.0689. The highest BCUT2D eigenvalue weighted by molar-refractivity contribution is 7.88. The van der Waals surface area contributed by atoms with Crippen LogP contribution in [0.5, 0.6) is 0 Å². The van der Waals surface area contributed by atoms with Gasteiger partial charge in [0.05, 0.1) is 17.6 Å². The third-order valence-corrected chi connectivity index (χ3v) is 7.41. The van der Waals surface area contributed by atoms with E-state index in [1.165, 1.54) is 16.1 Å². The maximum atomic E-state index is 11.9. The first kappa shape index (κ1) is 17.9. The first-order valence-corrected chi connectivity index (χ1v) is 11.1. The number of sulfonamides is 1. The highest BCUT2D eigenvalue weighted by Crippen LogP contribution is 2.38. The van der Waals surface area contributed by atoms with Gasteiger partial charge in [-0.05, 0) is 32.1 Å². The summed E-state index contributed by atoms with van der Waals surface area (Å²) >= 11 is 0. The predicted octanol–water partition coefficient (Wildman–Crippen LogP) is 0.230. The molecule has 2 saturated heterocycles. The highest BCUT2D eigenvalue weighted by Gasteiger charge is 2.47. The molecule has 0 unspecified atom stereocenters. The smallest absolute Gasteiger partial charge is 0.227 e. The van der Waals surface area contributed by atoms with Gasteiger partial charge in [0.15, 0.2) is 0 Å². The molecular weight excluding hydrogens is 354 g/mol. The normalized spacial score (nSPS) is 29.3. The van der Waals surface area contributed by atoms with Crippen LogP contribution in [0.3, 0.4) is 0 Å². The fourth-order valence-electron chi connectivity index (χ4n) is 4.52. The van der Waals surface area contributed by atoms with E-state index in [9.17, 15) is 13.5 Å². The van der Waals surface area contributed by atoms with E-state index in [1.54, 1.807) is 0 Å². The number of aliphatic hydroxyl groups is 1. The summed E-state index contributed by atoms with van der Waals surface area (Å²) in [4.78, 5) is 11.6. The Morgan fingerprint density at radius 2 is 1.96 bits per heavy atom. The van der Waals surface area contributed by atoms with Crippen molar-refractivity contribution in [3.05, 3.63) is 11.3 Å². The quantitative estimate of drug-likeness (QED) is 0.773.